The summed E-state index contributed by atoms with van der Waals surface area (Å²) in [5.74, 6) is -0.791. The molecule has 0 saturated carbocycles. The molecule has 152 valence electrons. The van der Waals surface area contributed by atoms with Crippen molar-refractivity contribution in [2.75, 3.05) is 23.4 Å². The number of nitrogens with one attached hydrogen (secondary N) is 1. The Hall–Kier alpha value is -3.35. The minimum Gasteiger partial charge on any atom is -0.481 e. The molecule has 2 aromatic rings. The summed E-state index contributed by atoms with van der Waals surface area (Å²) in [6.45, 7) is 6.86. The fraction of sp³-hybridized carbons (Fsp3) is 0.318. The highest BCUT2D eigenvalue weighted by Gasteiger charge is 2.31. The second-order valence-electron chi connectivity index (χ2n) is 7.14. The minimum absolute atomic E-state index is 0.129. The lowest BCUT2D eigenvalue weighted by molar-refractivity contribution is -0.155. The summed E-state index contributed by atoms with van der Waals surface area (Å²) in [5, 5.41) is 2.72. The fourth-order valence-electron chi connectivity index (χ4n) is 3.46. The van der Waals surface area contributed by atoms with Gasteiger partial charge in [-0.3, -0.25) is 14.5 Å². The zero-order valence-electron chi connectivity index (χ0n) is 16.9. The summed E-state index contributed by atoms with van der Waals surface area (Å²) in [7, 11) is 0. The molecule has 1 aliphatic heterocycles. The highest BCUT2D eigenvalue weighted by molar-refractivity contribution is 6.11. The Kier molecular flexibility index (Phi) is 5.87. The molecule has 0 radical (unpaired) electrons. The van der Waals surface area contributed by atoms with Crippen molar-refractivity contribution in [1.29, 1.82) is 0 Å². The zero-order chi connectivity index (χ0) is 21.1. The van der Waals surface area contributed by atoms with Crippen LogP contribution in [-0.2, 0) is 19.1 Å². The van der Waals surface area contributed by atoms with Gasteiger partial charge in [-0.25, -0.2) is 4.79 Å². The summed E-state index contributed by atoms with van der Waals surface area (Å²) in [5.41, 5.74) is 4.08. The monoisotopic (exact) mass is 396 g/mol. The number of ether oxygens (including phenoxy) is 2. The van der Waals surface area contributed by atoms with E-state index in [2.05, 4.69) is 5.32 Å². The van der Waals surface area contributed by atoms with Crippen LogP contribution in [0.5, 0.6) is 5.75 Å². The molecule has 7 heteroatoms. The summed E-state index contributed by atoms with van der Waals surface area (Å²) >= 11 is 0. The number of benzene rings is 2. The standard InChI is InChI=1S/C22H24N2O5/c1-13-9-14(2)21(15(3)10-13)28-12-20(26)29-16(4)22(27)24-11-19(25)23-17-7-5-6-8-18(17)24/h5-10,16H,11-12H2,1-4H3,(H,23,25)/t16-/m0/s1. The van der Waals surface area contributed by atoms with Crippen molar-refractivity contribution in [2.24, 2.45) is 0 Å². The van der Waals surface area contributed by atoms with Gasteiger partial charge >= 0.3 is 5.97 Å². The number of esters is 1. The van der Waals surface area contributed by atoms with E-state index in [-0.39, 0.29) is 19.1 Å². The number of hydrogen-bond acceptors (Lipinski definition) is 5. The second-order valence-corrected chi connectivity index (χ2v) is 7.14. The predicted molar refractivity (Wildman–Crippen MR) is 109 cm³/mol. The molecule has 1 aliphatic rings. The normalized spacial score (nSPS) is 13.9. The molecule has 7 nitrogen and oxygen atoms in total. The van der Waals surface area contributed by atoms with E-state index in [1.54, 1.807) is 24.3 Å². The Morgan fingerprint density at radius 1 is 1.14 bits per heavy atom. The Labute approximate surface area is 169 Å². The highest BCUT2D eigenvalue weighted by atomic mass is 16.6. The fourth-order valence-corrected chi connectivity index (χ4v) is 3.46. The zero-order valence-corrected chi connectivity index (χ0v) is 16.9. The van der Waals surface area contributed by atoms with Crippen molar-refractivity contribution in [2.45, 2.75) is 33.8 Å². The van der Waals surface area contributed by atoms with Gasteiger partial charge in [0.25, 0.3) is 5.91 Å². The van der Waals surface area contributed by atoms with Crippen LogP contribution in [0, 0.1) is 20.8 Å². The first-order valence-corrected chi connectivity index (χ1v) is 9.36. The van der Waals surface area contributed by atoms with Gasteiger partial charge in [-0.15, -0.1) is 0 Å². The van der Waals surface area contributed by atoms with Crippen LogP contribution >= 0.6 is 0 Å². The molecule has 3 rings (SSSR count). The first-order valence-electron chi connectivity index (χ1n) is 9.36. The molecule has 2 aromatic carbocycles. The van der Waals surface area contributed by atoms with E-state index in [1.165, 1.54) is 11.8 Å². The summed E-state index contributed by atoms with van der Waals surface area (Å²) in [4.78, 5) is 38.2. The van der Waals surface area contributed by atoms with Gasteiger partial charge in [-0.2, -0.15) is 0 Å². The first kappa shape index (κ1) is 20.4. The number of para-hydroxylation sites is 2. The van der Waals surface area contributed by atoms with Gasteiger partial charge in [0.2, 0.25) is 5.91 Å². The van der Waals surface area contributed by atoms with Gasteiger partial charge in [-0.1, -0.05) is 29.8 Å². The Morgan fingerprint density at radius 2 is 1.79 bits per heavy atom. The smallest absolute Gasteiger partial charge is 0.344 e. The average Bonchev–Trinajstić information content (AvgIpc) is 2.65. The van der Waals surface area contributed by atoms with Crippen LogP contribution < -0.4 is 15.0 Å². The van der Waals surface area contributed by atoms with Gasteiger partial charge in [0.1, 0.15) is 12.3 Å². The summed E-state index contributed by atoms with van der Waals surface area (Å²) in [6.07, 6.45) is -1.05. The molecule has 0 aliphatic carbocycles. The number of aryl methyl sites for hydroxylation is 3. The van der Waals surface area contributed by atoms with Gasteiger partial charge < -0.3 is 14.8 Å². The van der Waals surface area contributed by atoms with Gasteiger partial charge in [-0.05, 0) is 51.0 Å². The van der Waals surface area contributed by atoms with Crippen molar-refractivity contribution in [3.05, 3.63) is 53.1 Å². The van der Waals surface area contributed by atoms with Gasteiger partial charge in [0.15, 0.2) is 12.7 Å². The molecule has 1 N–H and O–H groups in total. The molecule has 1 heterocycles. The van der Waals surface area contributed by atoms with E-state index in [9.17, 15) is 14.4 Å². The lowest BCUT2D eigenvalue weighted by Gasteiger charge is -2.30. The molecule has 0 saturated heterocycles. The number of carbonyl (C=O) groups excluding carboxylic acids is 3. The van der Waals surface area contributed by atoms with Crippen LogP contribution in [0.25, 0.3) is 0 Å². The predicted octanol–water partition coefficient (Wildman–Crippen LogP) is 2.91. The van der Waals surface area contributed by atoms with Crippen molar-refractivity contribution < 1.29 is 23.9 Å². The van der Waals surface area contributed by atoms with E-state index in [1.807, 2.05) is 32.9 Å². The largest absolute Gasteiger partial charge is 0.481 e. The molecule has 2 amide bonds. The molecule has 29 heavy (non-hydrogen) atoms. The maximum Gasteiger partial charge on any atom is 0.344 e. The molecular formula is C22H24N2O5. The third-order valence-corrected chi connectivity index (χ3v) is 4.63. The van der Waals surface area contributed by atoms with Crippen LogP contribution in [0.3, 0.4) is 0 Å². The SMILES string of the molecule is Cc1cc(C)c(OCC(=O)O[C@@H](C)C(=O)N2CC(=O)Nc3ccccc32)c(C)c1. The summed E-state index contributed by atoms with van der Waals surface area (Å²) < 4.78 is 10.9. The number of hydrogen-bond donors (Lipinski definition) is 1. The number of fused-ring (bicyclic) bond motifs is 1. The Balaban J connectivity index is 1.63. The number of amides is 2. The van der Waals surface area contributed by atoms with Crippen molar-refractivity contribution in [3.8, 4) is 5.75 Å². The molecule has 1 atom stereocenters. The van der Waals surface area contributed by atoms with Crippen LogP contribution in [0.2, 0.25) is 0 Å². The molecule has 0 aromatic heterocycles. The third kappa shape index (κ3) is 4.56. The van der Waals surface area contributed by atoms with Crippen LogP contribution in [0.1, 0.15) is 23.6 Å². The highest BCUT2D eigenvalue weighted by Crippen LogP contribution is 2.29. The minimum atomic E-state index is -1.05. The summed E-state index contributed by atoms with van der Waals surface area (Å²) in [6, 6.07) is 10.9. The number of carbonyl (C=O) groups is 3. The lowest BCUT2D eigenvalue weighted by atomic mass is 10.1. The molecule has 0 spiro atoms. The quantitative estimate of drug-likeness (QED) is 0.786. The number of rotatable bonds is 5. The molecule has 0 bridgehead atoms. The molecular weight excluding hydrogens is 372 g/mol. The number of nitrogens with zero attached hydrogens (tertiary/aromatic N) is 1. The molecule has 0 fully saturated rings. The van der Waals surface area contributed by atoms with Crippen LogP contribution in [0.4, 0.5) is 11.4 Å². The number of anilines is 2. The van der Waals surface area contributed by atoms with E-state index in [4.69, 9.17) is 9.47 Å². The first-order chi connectivity index (χ1) is 13.8. The van der Waals surface area contributed by atoms with Crippen LogP contribution in [0.15, 0.2) is 36.4 Å². The Morgan fingerprint density at radius 3 is 2.48 bits per heavy atom. The van der Waals surface area contributed by atoms with Crippen LogP contribution in [-0.4, -0.2) is 37.0 Å². The topological polar surface area (TPSA) is 84.9 Å². The average molecular weight is 396 g/mol. The maximum absolute atomic E-state index is 12.8. The third-order valence-electron chi connectivity index (χ3n) is 4.63. The second kappa shape index (κ2) is 8.34. The van der Waals surface area contributed by atoms with E-state index in [0.29, 0.717) is 17.1 Å². The Bertz CT molecular complexity index is 946. The van der Waals surface area contributed by atoms with Crippen molar-refractivity contribution in [1.82, 2.24) is 0 Å². The maximum atomic E-state index is 12.8. The van der Waals surface area contributed by atoms with Gasteiger partial charge in [0.05, 0.1) is 11.4 Å². The molecule has 0 unspecified atom stereocenters. The van der Waals surface area contributed by atoms with E-state index >= 15 is 0 Å². The van der Waals surface area contributed by atoms with Gasteiger partial charge in [0, 0.05) is 0 Å². The van der Waals surface area contributed by atoms with E-state index < -0.39 is 18.0 Å². The van der Waals surface area contributed by atoms with Crippen molar-refractivity contribution in [3.63, 3.8) is 0 Å². The van der Waals surface area contributed by atoms with E-state index in [0.717, 1.165) is 16.7 Å². The van der Waals surface area contributed by atoms with Crippen molar-refractivity contribution >= 4 is 29.2 Å². The lowest BCUT2D eigenvalue weighted by Crippen LogP contribution is -2.47.